The molecule has 30 heavy (non-hydrogen) atoms. The Labute approximate surface area is 178 Å². The van der Waals surface area contributed by atoms with Crippen LogP contribution in [-0.2, 0) is 22.4 Å². The fourth-order valence-electron chi connectivity index (χ4n) is 4.18. The highest BCUT2D eigenvalue weighted by Crippen LogP contribution is 2.44. The molecule has 2 heterocycles. The molecule has 0 fully saturated rings. The van der Waals surface area contributed by atoms with Crippen molar-refractivity contribution in [2.45, 2.75) is 31.7 Å². The van der Waals surface area contributed by atoms with Gasteiger partial charge in [0, 0.05) is 38.4 Å². The Hall–Kier alpha value is -2.93. The van der Waals surface area contributed by atoms with E-state index in [9.17, 15) is 9.90 Å². The summed E-state index contributed by atoms with van der Waals surface area (Å²) in [5, 5.41) is 15.6. The number of hydrogen-bond donors (Lipinski definition) is 3. The summed E-state index contributed by atoms with van der Waals surface area (Å²) in [4.78, 5) is 14.8. The summed E-state index contributed by atoms with van der Waals surface area (Å²) in [5.74, 6) is -0.170. The van der Waals surface area contributed by atoms with E-state index in [1.807, 2.05) is 19.2 Å². The Morgan fingerprint density at radius 1 is 1.33 bits per heavy atom. The van der Waals surface area contributed by atoms with E-state index in [4.69, 9.17) is 4.74 Å². The lowest BCUT2D eigenvalue weighted by molar-refractivity contribution is -0.142. The van der Waals surface area contributed by atoms with Crippen LogP contribution < -0.4 is 20.7 Å². The predicted octanol–water partition coefficient (Wildman–Crippen LogP) is 2.42. The SMILES string of the molecule is C=C(/C=C\C=C/NC)C(NN(C)c1cc2c3c(c1O)CCCN3CCC2)C(=O)OC. The number of carbonyl (C=O) groups excluding carboxylic acids is 1. The van der Waals surface area contributed by atoms with Crippen LogP contribution in [0.1, 0.15) is 24.0 Å². The Morgan fingerprint density at radius 2 is 2.07 bits per heavy atom. The summed E-state index contributed by atoms with van der Waals surface area (Å²) < 4.78 is 4.96. The van der Waals surface area contributed by atoms with E-state index in [1.54, 1.807) is 30.4 Å². The van der Waals surface area contributed by atoms with Crippen molar-refractivity contribution in [2.24, 2.45) is 0 Å². The number of anilines is 2. The van der Waals surface area contributed by atoms with Gasteiger partial charge in [0.25, 0.3) is 0 Å². The van der Waals surface area contributed by atoms with E-state index < -0.39 is 12.0 Å². The van der Waals surface area contributed by atoms with E-state index in [0.717, 1.165) is 44.3 Å². The van der Waals surface area contributed by atoms with Gasteiger partial charge in [0.05, 0.1) is 12.8 Å². The molecule has 3 N–H and O–H groups in total. The number of nitrogens with zero attached hydrogens (tertiary/aromatic N) is 2. The number of hydrogen-bond acceptors (Lipinski definition) is 7. The molecule has 0 saturated heterocycles. The molecule has 0 aromatic heterocycles. The van der Waals surface area contributed by atoms with Crippen LogP contribution in [0.2, 0.25) is 0 Å². The molecule has 0 saturated carbocycles. The first kappa shape index (κ1) is 21.8. The van der Waals surface area contributed by atoms with Gasteiger partial charge in [-0.15, -0.1) is 0 Å². The second-order valence-electron chi connectivity index (χ2n) is 7.65. The van der Waals surface area contributed by atoms with Crippen LogP contribution in [0.15, 0.2) is 42.6 Å². The Balaban J connectivity index is 1.86. The first-order valence-corrected chi connectivity index (χ1v) is 10.4. The zero-order valence-corrected chi connectivity index (χ0v) is 18.1. The highest BCUT2D eigenvalue weighted by atomic mass is 16.5. The Morgan fingerprint density at radius 3 is 2.77 bits per heavy atom. The fraction of sp³-hybridized carbons (Fsp3) is 0.435. The number of allylic oxidation sites excluding steroid dienone is 2. The predicted molar refractivity (Wildman–Crippen MR) is 121 cm³/mol. The van der Waals surface area contributed by atoms with E-state index in [-0.39, 0.29) is 5.75 Å². The van der Waals surface area contributed by atoms with Crippen molar-refractivity contribution in [3.8, 4) is 5.75 Å². The number of rotatable bonds is 8. The molecular weight excluding hydrogens is 380 g/mol. The van der Waals surface area contributed by atoms with Gasteiger partial charge in [0.1, 0.15) is 11.8 Å². The number of aryl methyl sites for hydroxylation is 1. The van der Waals surface area contributed by atoms with Crippen molar-refractivity contribution in [1.82, 2.24) is 10.7 Å². The lowest BCUT2D eigenvalue weighted by Gasteiger charge is -2.38. The molecule has 0 spiro atoms. The standard InChI is InChI=1S/C23H32N4O3/c1-16(9-5-6-12-24-2)20(23(29)30-4)25-26(3)19-15-17-10-7-13-27-14-8-11-18(21(17)27)22(19)28/h5-6,9,12,15,20,24-25,28H,1,7-8,10-11,13-14H2,2-4H3/b9-5-,12-6-. The highest BCUT2D eigenvalue weighted by molar-refractivity contribution is 5.81. The van der Waals surface area contributed by atoms with Gasteiger partial charge in [-0.3, -0.25) is 0 Å². The van der Waals surface area contributed by atoms with E-state index in [0.29, 0.717) is 11.3 Å². The molecule has 0 amide bonds. The van der Waals surface area contributed by atoms with Gasteiger partial charge in [-0.05, 0) is 55.2 Å². The molecule has 7 heteroatoms. The number of benzene rings is 1. The maximum atomic E-state index is 12.4. The van der Waals surface area contributed by atoms with Gasteiger partial charge >= 0.3 is 5.97 Å². The minimum atomic E-state index is -0.775. The van der Waals surface area contributed by atoms with E-state index in [2.05, 4.69) is 22.2 Å². The molecule has 0 aliphatic carbocycles. The van der Waals surface area contributed by atoms with Crippen LogP contribution in [0.3, 0.4) is 0 Å². The average Bonchev–Trinajstić information content (AvgIpc) is 2.76. The quantitative estimate of drug-likeness (QED) is 0.344. The number of esters is 1. The largest absolute Gasteiger partial charge is 0.505 e. The normalized spacial score (nSPS) is 16.4. The molecule has 7 nitrogen and oxygen atoms in total. The number of hydrazine groups is 1. The summed E-state index contributed by atoms with van der Waals surface area (Å²) in [6, 6.07) is 1.25. The van der Waals surface area contributed by atoms with Crippen LogP contribution in [0.5, 0.6) is 5.75 Å². The number of ether oxygens (including phenoxy) is 1. The third kappa shape index (κ3) is 4.46. The van der Waals surface area contributed by atoms with Crippen molar-refractivity contribution in [2.75, 3.05) is 44.2 Å². The van der Waals surface area contributed by atoms with Crippen molar-refractivity contribution in [3.05, 3.63) is 53.8 Å². The number of carbonyl (C=O) groups is 1. The number of phenolic OH excluding ortho intramolecular Hbond substituents is 1. The van der Waals surface area contributed by atoms with Gasteiger partial charge in [0.15, 0.2) is 0 Å². The number of phenols is 1. The van der Waals surface area contributed by atoms with Crippen molar-refractivity contribution in [3.63, 3.8) is 0 Å². The average molecular weight is 413 g/mol. The summed E-state index contributed by atoms with van der Waals surface area (Å²) in [6.07, 6.45) is 11.1. The maximum Gasteiger partial charge on any atom is 0.329 e. The number of nitrogens with one attached hydrogen (secondary N) is 2. The number of aromatic hydroxyl groups is 1. The molecule has 2 aliphatic heterocycles. The molecule has 1 aromatic carbocycles. The first-order chi connectivity index (χ1) is 14.5. The summed E-state index contributed by atoms with van der Waals surface area (Å²) in [5.41, 5.74) is 7.83. The fourth-order valence-corrected chi connectivity index (χ4v) is 4.18. The zero-order chi connectivity index (χ0) is 21.7. The van der Waals surface area contributed by atoms with Gasteiger partial charge in [0.2, 0.25) is 0 Å². The maximum absolute atomic E-state index is 12.4. The topological polar surface area (TPSA) is 77.1 Å². The lowest BCUT2D eigenvalue weighted by atomic mass is 9.90. The third-order valence-electron chi connectivity index (χ3n) is 5.65. The minimum Gasteiger partial charge on any atom is -0.505 e. The van der Waals surface area contributed by atoms with Crippen LogP contribution >= 0.6 is 0 Å². The molecule has 1 atom stereocenters. The second-order valence-corrected chi connectivity index (χ2v) is 7.65. The van der Waals surface area contributed by atoms with E-state index in [1.165, 1.54) is 18.4 Å². The first-order valence-electron chi connectivity index (χ1n) is 10.4. The summed E-state index contributed by atoms with van der Waals surface area (Å²) in [6.45, 7) is 6.11. The van der Waals surface area contributed by atoms with Gasteiger partial charge in [-0.2, -0.15) is 0 Å². The van der Waals surface area contributed by atoms with Crippen LogP contribution in [0.25, 0.3) is 0 Å². The van der Waals surface area contributed by atoms with Crippen molar-refractivity contribution in [1.29, 1.82) is 0 Å². The molecule has 162 valence electrons. The van der Waals surface area contributed by atoms with E-state index >= 15 is 0 Å². The third-order valence-corrected chi connectivity index (χ3v) is 5.65. The zero-order valence-electron chi connectivity index (χ0n) is 18.1. The summed E-state index contributed by atoms with van der Waals surface area (Å²) in [7, 11) is 4.96. The van der Waals surface area contributed by atoms with Crippen LogP contribution in [0.4, 0.5) is 11.4 Å². The molecule has 1 aromatic rings. The van der Waals surface area contributed by atoms with Gasteiger partial charge in [-0.1, -0.05) is 18.7 Å². The second kappa shape index (κ2) is 9.71. The molecule has 1 unspecified atom stereocenters. The molecular formula is C23H32N4O3. The molecule has 0 radical (unpaired) electrons. The minimum absolute atomic E-state index is 0.275. The van der Waals surface area contributed by atoms with Gasteiger partial charge in [-0.25, -0.2) is 10.2 Å². The Kier molecular flexibility index (Phi) is 7.05. The lowest BCUT2D eigenvalue weighted by Crippen LogP contribution is -2.48. The smallest absolute Gasteiger partial charge is 0.329 e. The number of methoxy groups -OCH3 is 1. The molecule has 3 rings (SSSR count). The summed E-state index contributed by atoms with van der Waals surface area (Å²) >= 11 is 0. The Bertz CT molecular complexity index is 860. The van der Waals surface area contributed by atoms with Crippen LogP contribution in [-0.4, -0.2) is 51.4 Å². The highest BCUT2D eigenvalue weighted by Gasteiger charge is 2.30. The molecule has 2 aliphatic rings. The molecule has 0 bridgehead atoms. The van der Waals surface area contributed by atoms with Crippen LogP contribution in [0, 0.1) is 0 Å². The van der Waals surface area contributed by atoms with Crippen molar-refractivity contribution < 1.29 is 14.6 Å². The van der Waals surface area contributed by atoms with Crippen molar-refractivity contribution >= 4 is 17.3 Å². The monoisotopic (exact) mass is 412 g/mol. The van der Waals surface area contributed by atoms with Gasteiger partial charge < -0.3 is 25.1 Å².